The predicted molar refractivity (Wildman–Crippen MR) is 49.3 cm³/mol. The molecule has 0 N–H and O–H groups in total. The Morgan fingerprint density at radius 3 is 2.13 bits per heavy atom. The summed E-state index contributed by atoms with van der Waals surface area (Å²) < 4.78 is 36.7. The van der Waals surface area contributed by atoms with Gasteiger partial charge in [0, 0.05) is 5.56 Å². The molecular formula is C10H6F3N2. The molecule has 0 fully saturated rings. The lowest BCUT2D eigenvalue weighted by Gasteiger charge is -2.06. The number of allylic oxidation sites excluding steroid dienone is 1. The molecule has 1 aliphatic heterocycles. The predicted octanol–water partition coefficient (Wildman–Crippen LogP) is 2.54. The first-order chi connectivity index (χ1) is 7.07. The summed E-state index contributed by atoms with van der Waals surface area (Å²) in [5.41, 5.74) is 4.13. The minimum absolute atomic E-state index is 0.573. The van der Waals surface area contributed by atoms with Crippen LogP contribution in [0.15, 0.2) is 41.6 Å². The second kappa shape index (κ2) is 3.42. The molecule has 1 aromatic rings. The fourth-order valence-electron chi connectivity index (χ4n) is 1.22. The highest BCUT2D eigenvalue weighted by Gasteiger charge is 2.30. The van der Waals surface area contributed by atoms with Crippen LogP contribution < -0.4 is 5.43 Å². The number of alkyl halides is 3. The van der Waals surface area contributed by atoms with Crippen molar-refractivity contribution in [1.29, 1.82) is 0 Å². The smallest absolute Gasteiger partial charge is 0.166 e. The SMILES string of the molecule is FC(F)(F)c1ccc(C2=N[N]C=C2)cc1. The van der Waals surface area contributed by atoms with Gasteiger partial charge in [-0.1, -0.05) is 12.1 Å². The van der Waals surface area contributed by atoms with Crippen LogP contribution in [-0.4, -0.2) is 5.71 Å². The lowest BCUT2D eigenvalue weighted by molar-refractivity contribution is -0.137. The maximum Gasteiger partial charge on any atom is 0.416 e. The van der Waals surface area contributed by atoms with E-state index in [-0.39, 0.29) is 0 Å². The standard InChI is InChI=1S/C10H6F3N2/c11-10(12,13)8-3-1-7(2-4-8)9-5-6-14-15-9/h1-6H. The lowest BCUT2D eigenvalue weighted by atomic mass is 10.1. The van der Waals surface area contributed by atoms with Gasteiger partial charge < -0.3 is 0 Å². The molecule has 15 heavy (non-hydrogen) atoms. The molecule has 0 saturated carbocycles. The Morgan fingerprint density at radius 2 is 1.67 bits per heavy atom. The van der Waals surface area contributed by atoms with E-state index in [0.717, 1.165) is 12.1 Å². The number of halogens is 3. The zero-order valence-electron chi connectivity index (χ0n) is 7.49. The maximum atomic E-state index is 12.2. The monoisotopic (exact) mass is 211 g/mol. The third-order valence-electron chi connectivity index (χ3n) is 1.97. The molecule has 0 aromatic heterocycles. The van der Waals surface area contributed by atoms with Crippen LogP contribution in [0.1, 0.15) is 11.1 Å². The van der Waals surface area contributed by atoms with Crippen LogP contribution in [0.3, 0.4) is 0 Å². The zero-order chi connectivity index (χ0) is 10.9. The van der Waals surface area contributed by atoms with E-state index in [1.54, 1.807) is 6.08 Å². The average molecular weight is 211 g/mol. The molecule has 1 heterocycles. The summed E-state index contributed by atoms with van der Waals surface area (Å²) in [7, 11) is 0. The molecule has 1 aliphatic rings. The number of benzene rings is 1. The minimum Gasteiger partial charge on any atom is -0.166 e. The molecule has 0 unspecified atom stereocenters. The quantitative estimate of drug-likeness (QED) is 0.682. The van der Waals surface area contributed by atoms with Crippen molar-refractivity contribution in [2.24, 2.45) is 5.10 Å². The minimum atomic E-state index is -4.30. The molecule has 2 nitrogen and oxygen atoms in total. The van der Waals surface area contributed by atoms with Crippen molar-refractivity contribution in [3.63, 3.8) is 0 Å². The summed E-state index contributed by atoms with van der Waals surface area (Å²) in [6.07, 6.45) is -1.16. The van der Waals surface area contributed by atoms with Gasteiger partial charge in [0.15, 0.2) is 0 Å². The second-order valence-corrected chi connectivity index (χ2v) is 2.99. The third kappa shape index (κ3) is 2.01. The molecule has 77 valence electrons. The van der Waals surface area contributed by atoms with Crippen molar-refractivity contribution in [3.05, 3.63) is 47.7 Å². The highest BCUT2D eigenvalue weighted by atomic mass is 19.4. The van der Waals surface area contributed by atoms with Crippen LogP contribution in [0.25, 0.3) is 0 Å². The summed E-state index contributed by atoms with van der Waals surface area (Å²) in [5.74, 6) is 0. The van der Waals surface area contributed by atoms with Gasteiger partial charge in [-0.25, -0.2) is 0 Å². The normalized spacial score (nSPS) is 15.0. The van der Waals surface area contributed by atoms with Crippen molar-refractivity contribution in [1.82, 2.24) is 5.43 Å². The summed E-state index contributed by atoms with van der Waals surface area (Å²) in [6, 6.07) is 4.83. The number of hydrogen-bond acceptors (Lipinski definition) is 1. The zero-order valence-corrected chi connectivity index (χ0v) is 7.49. The van der Waals surface area contributed by atoms with Gasteiger partial charge in [0.1, 0.15) is 0 Å². The summed E-state index contributed by atoms with van der Waals surface area (Å²) in [4.78, 5) is 0. The highest BCUT2D eigenvalue weighted by Crippen LogP contribution is 2.29. The molecule has 1 aromatic carbocycles. The van der Waals surface area contributed by atoms with Crippen LogP contribution in [0.5, 0.6) is 0 Å². The van der Waals surface area contributed by atoms with E-state index < -0.39 is 11.7 Å². The second-order valence-electron chi connectivity index (χ2n) is 2.99. The lowest BCUT2D eigenvalue weighted by Crippen LogP contribution is -2.05. The first kappa shape index (κ1) is 9.76. The fraction of sp³-hybridized carbons (Fsp3) is 0.100. The average Bonchev–Trinajstić information content (AvgIpc) is 2.69. The summed E-state index contributed by atoms with van der Waals surface area (Å²) in [6.45, 7) is 0. The van der Waals surface area contributed by atoms with E-state index in [1.165, 1.54) is 18.3 Å². The van der Waals surface area contributed by atoms with Gasteiger partial charge >= 0.3 is 6.18 Å². The Balaban J connectivity index is 2.28. The molecule has 0 amide bonds. The summed E-state index contributed by atoms with van der Waals surface area (Å²) in [5, 5.41) is 3.75. The van der Waals surface area contributed by atoms with Gasteiger partial charge in [-0.05, 0) is 18.2 Å². The van der Waals surface area contributed by atoms with Crippen LogP contribution >= 0.6 is 0 Å². The molecule has 0 saturated heterocycles. The molecular weight excluding hydrogens is 205 g/mol. The van der Waals surface area contributed by atoms with Gasteiger partial charge in [0.25, 0.3) is 0 Å². The Hall–Kier alpha value is -1.78. The van der Waals surface area contributed by atoms with Crippen LogP contribution in [0, 0.1) is 0 Å². The first-order valence-electron chi connectivity index (χ1n) is 4.19. The fourth-order valence-corrected chi connectivity index (χ4v) is 1.22. The Morgan fingerprint density at radius 1 is 1.00 bits per heavy atom. The van der Waals surface area contributed by atoms with E-state index in [0.29, 0.717) is 11.3 Å². The van der Waals surface area contributed by atoms with Crippen LogP contribution in [0.4, 0.5) is 13.2 Å². The molecule has 0 bridgehead atoms. The van der Waals surface area contributed by atoms with Crippen molar-refractivity contribution < 1.29 is 13.2 Å². The Labute approximate surface area is 84.1 Å². The topological polar surface area (TPSA) is 26.5 Å². The van der Waals surface area contributed by atoms with Crippen molar-refractivity contribution in [2.75, 3.05) is 0 Å². The Bertz CT molecular complexity index is 415. The first-order valence-corrected chi connectivity index (χ1v) is 4.19. The van der Waals surface area contributed by atoms with E-state index >= 15 is 0 Å². The molecule has 1 radical (unpaired) electrons. The molecule has 2 rings (SSSR count). The van der Waals surface area contributed by atoms with E-state index in [9.17, 15) is 13.2 Å². The van der Waals surface area contributed by atoms with E-state index in [2.05, 4.69) is 10.5 Å². The van der Waals surface area contributed by atoms with Crippen LogP contribution in [0.2, 0.25) is 0 Å². The molecule has 5 heteroatoms. The van der Waals surface area contributed by atoms with Crippen molar-refractivity contribution >= 4 is 5.71 Å². The number of nitrogens with zero attached hydrogens (tertiary/aromatic N) is 2. The van der Waals surface area contributed by atoms with Crippen LogP contribution in [-0.2, 0) is 6.18 Å². The Kier molecular flexibility index (Phi) is 2.22. The maximum absolute atomic E-state index is 12.2. The van der Waals surface area contributed by atoms with Gasteiger partial charge in [-0.15, -0.1) is 0 Å². The number of hydrogen-bond donors (Lipinski definition) is 0. The molecule has 0 atom stereocenters. The molecule has 0 aliphatic carbocycles. The van der Waals surface area contributed by atoms with Gasteiger partial charge in [0.2, 0.25) is 0 Å². The van der Waals surface area contributed by atoms with Crippen molar-refractivity contribution in [2.45, 2.75) is 6.18 Å². The van der Waals surface area contributed by atoms with Gasteiger partial charge in [-0.2, -0.15) is 23.7 Å². The summed E-state index contributed by atoms with van der Waals surface area (Å²) >= 11 is 0. The molecule has 0 spiro atoms. The van der Waals surface area contributed by atoms with Gasteiger partial charge in [0.05, 0.1) is 17.5 Å². The van der Waals surface area contributed by atoms with Gasteiger partial charge in [-0.3, -0.25) is 0 Å². The number of rotatable bonds is 1. The van der Waals surface area contributed by atoms with Crippen molar-refractivity contribution in [3.8, 4) is 0 Å². The van der Waals surface area contributed by atoms with E-state index in [4.69, 9.17) is 0 Å². The third-order valence-corrected chi connectivity index (χ3v) is 1.97. The highest BCUT2D eigenvalue weighted by molar-refractivity contribution is 6.09. The largest absolute Gasteiger partial charge is 0.416 e. The van der Waals surface area contributed by atoms with E-state index in [1.807, 2.05) is 0 Å².